The Morgan fingerprint density at radius 3 is 2.45 bits per heavy atom. The van der Waals surface area contributed by atoms with E-state index in [-0.39, 0.29) is 5.91 Å². The highest BCUT2D eigenvalue weighted by Crippen LogP contribution is 2.10. The number of carboxylic acid groups (broad SMARTS) is 1. The molecule has 0 bridgehead atoms. The van der Waals surface area contributed by atoms with Crippen LogP contribution in [-0.4, -0.2) is 29.6 Å². The van der Waals surface area contributed by atoms with Crippen molar-refractivity contribution in [3.8, 4) is 0 Å². The van der Waals surface area contributed by atoms with Crippen molar-refractivity contribution in [3.05, 3.63) is 33.4 Å². The van der Waals surface area contributed by atoms with E-state index < -0.39 is 12.0 Å². The molecule has 1 atom stereocenters. The van der Waals surface area contributed by atoms with Crippen LogP contribution in [-0.2, 0) is 16.0 Å². The van der Waals surface area contributed by atoms with Crippen LogP contribution in [0.3, 0.4) is 0 Å². The van der Waals surface area contributed by atoms with Crippen molar-refractivity contribution >= 4 is 34.5 Å². The number of carbonyl (C=O) groups excluding carboxylic acids is 1. The minimum Gasteiger partial charge on any atom is -0.480 e. The van der Waals surface area contributed by atoms with Crippen LogP contribution >= 0.6 is 22.6 Å². The van der Waals surface area contributed by atoms with Gasteiger partial charge in [0.25, 0.3) is 0 Å². The van der Waals surface area contributed by atoms with Crippen LogP contribution in [0.5, 0.6) is 0 Å². The second kappa shape index (κ2) is 10.6. The summed E-state index contributed by atoms with van der Waals surface area (Å²) in [5.41, 5.74) is 6.57. The molecule has 0 saturated heterocycles. The maximum absolute atomic E-state index is 11.8. The molecule has 4 N–H and O–H groups in total. The van der Waals surface area contributed by atoms with Crippen molar-refractivity contribution in [2.75, 3.05) is 6.54 Å². The summed E-state index contributed by atoms with van der Waals surface area (Å²) in [5, 5.41) is 11.7. The van der Waals surface area contributed by atoms with Crippen molar-refractivity contribution in [1.82, 2.24) is 5.32 Å². The van der Waals surface area contributed by atoms with Crippen LogP contribution in [0.2, 0.25) is 0 Å². The summed E-state index contributed by atoms with van der Waals surface area (Å²) in [4.78, 5) is 22.9. The molecule has 0 fully saturated rings. The van der Waals surface area contributed by atoms with Crippen LogP contribution < -0.4 is 11.1 Å². The quantitative estimate of drug-likeness (QED) is 0.402. The van der Waals surface area contributed by atoms with Crippen LogP contribution in [0.15, 0.2) is 24.3 Å². The summed E-state index contributed by atoms with van der Waals surface area (Å²) >= 11 is 2.25. The summed E-state index contributed by atoms with van der Waals surface area (Å²) in [6.45, 7) is 0.538. The van der Waals surface area contributed by atoms with Gasteiger partial charge >= 0.3 is 5.97 Å². The van der Waals surface area contributed by atoms with Gasteiger partial charge in [0, 0.05) is 9.99 Å². The summed E-state index contributed by atoms with van der Waals surface area (Å²) in [6.07, 6.45) is 3.77. The number of carbonyl (C=O) groups is 2. The topological polar surface area (TPSA) is 92.4 Å². The van der Waals surface area contributed by atoms with Gasteiger partial charge < -0.3 is 16.2 Å². The molecule has 0 aliphatic heterocycles. The minimum atomic E-state index is -0.983. The molecule has 1 rings (SSSR count). The number of nitrogens with one attached hydrogen (secondary N) is 1. The van der Waals surface area contributed by atoms with Crippen molar-refractivity contribution in [2.45, 2.75) is 44.6 Å². The maximum atomic E-state index is 11.8. The number of hydrogen-bond acceptors (Lipinski definition) is 3. The zero-order chi connectivity index (χ0) is 16.4. The van der Waals surface area contributed by atoms with Gasteiger partial charge in [0.15, 0.2) is 0 Å². The third-order valence-electron chi connectivity index (χ3n) is 3.36. The summed E-state index contributed by atoms with van der Waals surface area (Å²) in [5.74, 6) is -1.19. The lowest BCUT2D eigenvalue weighted by molar-refractivity contribution is -0.142. The molecule has 0 saturated carbocycles. The van der Waals surface area contributed by atoms with E-state index in [0.717, 1.165) is 12.8 Å². The first-order valence-electron chi connectivity index (χ1n) is 7.49. The van der Waals surface area contributed by atoms with Gasteiger partial charge in [-0.05, 0) is 78.9 Å². The highest BCUT2D eigenvalue weighted by molar-refractivity contribution is 14.1. The van der Waals surface area contributed by atoms with E-state index in [1.807, 2.05) is 24.3 Å². The van der Waals surface area contributed by atoms with E-state index in [9.17, 15) is 9.59 Å². The van der Waals surface area contributed by atoms with Crippen molar-refractivity contribution in [2.24, 2.45) is 5.73 Å². The lowest BCUT2D eigenvalue weighted by atomic mass is 10.1. The Morgan fingerprint density at radius 1 is 1.18 bits per heavy atom. The molecule has 1 aromatic rings. The fourth-order valence-electron chi connectivity index (χ4n) is 2.12. The lowest BCUT2D eigenvalue weighted by Crippen LogP contribution is -2.40. The monoisotopic (exact) mass is 418 g/mol. The Kier molecular flexibility index (Phi) is 9.07. The van der Waals surface area contributed by atoms with Crippen molar-refractivity contribution in [3.63, 3.8) is 0 Å². The maximum Gasteiger partial charge on any atom is 0.326 e. The number of halogens is 1. The lowest BCUT2D eigenvalue weighted by Gasteiger charge is -2.14. The molecule has 0 radical (unpaired) electrons. The average Bonchev–Trinajstić information content (AvgIpc) is 2.48. The van der Waals surface area contributed by atoms with E-state index in [2.05, 4.69) is 27.9 Å². The highest BCUT2D eigenvalue weighted by Gasteiger charge is 2.18. The second-order valence-corrected chi connectivity index (χ2v) is 6.47. The van der Waals surface area contributed by atoms with E-state index in [0.29, 0.717) is 32.2 Å². The Bertz CT molecular complexity index is 477. The third kappa shape index (κ3) is 7.74. The molecule has 0 aromatic heterocycles. The first kappa shape index (κ1) is 18.9. The van der Waals surface area contributed by atoms with E-state index in [1.165, 1.54) is 9.13 Å². The molecule has 22 heavy (non-hydrogen) atoms. The zero-order valence-electron chi connectivity index (χ0n) is 12.6. The van der Waals surface area contributed by atoms with Gasteiger partial charge in [-0.1, -0.05) is 12.1 Å². The first-order chi connectivity index (χ1) is 10.5. The molecule has 5 nitrogen and oxygen atoms in total. The molecular weight excluding hydrogens is 395 g/mol. The predicted molar refractivity (Wildman–Crippen MR) is 94.6 cm³/mol. The number of hydrogen-bond donors (Lipinski definition) is 3. The molecular formula is C16H23IN2O3. The number of carboxylic acids is 1. The summed E-state index contributed by atoms with van der Waals surface area (Å²) in [6, 6.07) is 7.36. The smallest absolute Gasteiger partial charge is 0.326 e. The number of aryl methyl sites for hydroxylation is 1. The van der Waals surface area contributed by atoms with Crippen LogP contribution in [0.25, 0.3) is 0 Å². The zero-order valence-corrected chi connectivity index (χ0v) is 14.7. The first-order valence-corrected chi connectivity index (χ1v) is 8.57. The Hall–Kier alpha value is -1.15. The van der Waals surface area contributed by atoms with Gasteiger partial charge in [0.2, 0.25) is 5.91 Å². The van der Waals surface area contributed by atoms with Gasteiger partial charge in [0.1, 0.15) is 6.04 Å². The van der Waals surface area contributed by atoms with E-state index >= 15 is 0 Å². The molecule has 1 aromatic carbocycles. The average molecular weight is 418 g/mol. The van der Waals surface area contributed by atoms with Gasteiger partial charge in [-0.2, -0.15) is 0 Å². The van der Waals surface area contributed by atoms with Crippen molar-refractivity contribution < 1.29 is 14.7 Å². The normalized spacial score (nSPS) is 11.9. The Labute approximate surface area is 144 Å². The summed E-state index contributed by atoms with van der Waals surface area (Å²) in [7, 11) is 0. The Balaban J connectivity index is 2.30. The molecule has 1 unspecified atom stereocenters. The van der Waals surface area contributed by atoms with E-state index in [4.69, 9.17) is 10.8 Å². The fraction of sp³-hybridized carbons (Fsp3) is 0.500. The van der Waals surface area contributed by atoms with Crippen molar-refractivity contribution in [1.29, 1.82) is 0 Å². The van der Waals surface area contributed by atoms with E-state index in [1.54, 1.807) is 0 Å². The molecule has 1 amide bonds. The van der Waals surface area contributed by atoms with Crippen LogP contribution in [0.4, 0.5) is 0 Å². The minimum absolute atomic E-state index is 0.203. The number of rotatable bonds is 10. The number of amides is 1. The largest absolute Gasteiger partial charge is 0.480 e. The van der Waals surface area contributed by atoms with Gasteiger partial charge in [-0.3, -0.25) is 4.79 Å². The number of unbranched alkanes of at least 4 members (excludes halogenated alkanes) is 1. The number of aliphatic carboxylic acids is 1. The Morgan fingerprint density at radius 2 is 1.86 bits per heavy atom. The molecule has 0 heterocycles. The standard InChI is InChI=1S/C16H23IN2O3/c17-13-9-7-12(8-10-13)4-3-6-15(20)19-14(16(21)22)5-1-2-11-18/h7-10,14H,1-6,11,18H2,(H,19,20)(H,21,22). The third-order valence-corrected chi connectivity index (χ3v) is 4.08. The second-order valence-electron chi connectivity index (χ2n) is 5.22. The number of benzene rings is 1. The number of nitrogens with two attached hydrogens (primary N) is 1. The molecule has 6 heteroatoms. The SMILES string of the molecule is NCCCCC(NC(=O)CCCc1ccc(I)cc1)C(=O)O. The molecule has 0 aliphatic rings. The molecule has 122 valence electrons. The van der Waals surface area contributed by atoms with Gasteiger partial charge in [-0.15, -0.1) is 0 Å². The predicted octanol–water partition coefficient (Wildman–Crippen LogP) is 2.31. The van der Waals surface area contributed by atoms with Crippen LogP contribution in [0.1, 0.15) is 37.7 Å². The highest BCUT2D eigenvalue weighted by atomic mass is 127. The van der Waals surface area contributed by atoms with Gasteiger partial charge in [-0.25, -0.2) is 4.79 Å². The summed E-state index contributed by atoms with van der Waals surface area (Å²) < 4.78 is 1.18. The fourth-order valence-corrected chi connectivity index (χ4v) is 2.48. The molecule has 0 aliphatic carbocycles. The molecule has 0 spiro atoms. The van der Waals surface area contributed by atoms with Crippen LogP contribution in [0, 0.1) is 3.57 Å². The van der Waals surface area contributed by atoms with Gasteiger partial charge in [0.05, 0.1) is 0 Å².